The summed E-state index contributed by atoms with van der Waals surface area (Å²) < 4.78 is 5.08. The van der Waals surface area contributed by atoms with E-state index in [4.69, 9.17) is 0 Å². The summed E-state index contributed by atoms with van der Waals surface area (Å²) >= 11 is -2.82. The van der Waals surface area contributed by atoms with Gasteiger partial charge in [0.1, 0.15) is 0 Å². The Morgan fingerprint density at radius 3 is 1.69 bits per heavy atom. The maximum absolute atomic E-state index is 2.82. The Kier molecular flexibility index (Phi) is 10.1. The zero-order valence-corrected chi connectivity index (χ0v) is 36.8. The average Bonchev–Trinajstić information content (AvgIpc) is 3.78. The van der Waals surface area contributed by atoms with Crippen molar-refractivity contribution in [2.75, 3.05) is 0 Å². The van der Waals surface area contributed by atoms with E-state index >= 15 is 0 Å². The zero-order chi connectivity index (χ0) is 35.5. The molecule has 52 heavy (non-hydrogen) atoms. The second kappa shape index (κ2) is 13.5. The van der Waals surface area contributed by atoms with Crippen LogP contribution in [0.15, 0.2) is 103 Å². The molecule has 4 aromatic rings. The van der Waals surface area contributed by atoms with Crippen LogP contribution >= 0.6 is 0 Å². The molecule has 0 amide bonds. The Bertz CT molecular complexity index is 2250. The second-order valence-corrected chi connectivity index (χ2v) is 23.6. The van der Waals surface area contributed by atoms with Crippen molar-refractivity contribution in [1.29, 1.82) is 0 Å². The van der Waals surface area contributed by atoms with Crippen molar-refractivity contribution in [3.63, 3.8) is 0 Å². The van der Waals surface area contributed by atoms with Crippen molar-refractivity contribution in [1.82, 2.24) is 0 Å². The number of aryl methyl sites for hydroxylation is 2. The maximum atomic E-state index is 2.64. The van der Waals surface area contributed by atoms with Crippen molar-refractivity contribution in [3.05, 3.63) is 159 Å². The van der Waals surface area contributed by atoms with Gasteiger partial charge in [-0.1, -0.05) is 0 Å². The Hall–Kier alpha value is -2.83. The molecule has 4 aromatic carbocycles. The Morgan fingerprint density at radius 1 is 0.654 bits per heavy atom. The number of fused-ring (bicyclic) bond motifs is 5. The smallest absolute Gasteiger partial charge is 1.00 e. The monoisotopic (exact) mass is 800 g/mol. The number of rotatable bonds is 4. The van der Waals surface area contributed by atoms with Gasteiger partial charge in [-0.2, -0.15) is 0 Å². The van der Waals surface area contributed by atoms with Crippen LogP contribution in [0.1, 0.15) is 124 Å². The van der Waals surface area contributed by atoms with Gasteiger partial charge >= 0.3 is 311 Å². The summed E-state index contributed by atoms with van der Waals surface area (Å²) in [4.78, 5) is 0. The topological polar surface area (TPSA) is 0 Å². The molecule has 0 aromatic heterocycles. The number of hydrogen-bond acceptors (Lipinski definition) is 0. The van der Waals surface area contributed by atoms with Crippen LogP contribution < -0.4 is 24.8 Å². The van der Waals surface area contributed by atoms with Crippen LogP contribution in [0.4, 0.5) is 0 Å². The molecule has 266 valence electrons. The molecule has 0 unspecified atom stereocenters. The van der Waals surface area contributed by atoms with Gasteiger partial charge in [0.15, 0.2) is 0 Å². The summed E-state index contributed by atoms with van der Waals surface area (Å²) in [7, 11) is 0. The fourth-order valence-corrected chi connectivity index (χ4v) is 18.5. The third kappa shape index (κ3) is 6.22. The third-order valence-corrected chi connectivity index (χ3v) is 20.9. The van der Waals surface area contributed by atoms with Gasteiger partial charge in [-0.05, 0) is 0 Å². The minimum Gasteiger partial charge on any atom is -1.00 e. The summed E-state index contributed by atoms with van der Waals surface area (Å²) in [5, 5.41) is 0. The second-order valence-electron chi connectivity index (χ2n) is 17.7. The fourth-order valence-electron chi connectivity index (χ4n) is 9.47. The van der Waals surface area contributed by atoms with E-state index in [9.17, 15) is 0 Å². The van der Waals surface area contributed by atoms with Crippen LogP contribution in [0.3, 0.4) is 0 Å². The molecule has 3 heteroatoms. The first-order valence-corrected chi connectivity index (χ1v) is 22.3. The first-order chi connectivity index (χ1) is 23.5. The molecule has 0 aliphatic heterocycles. The zero-order valence-electron chi connectivity index (χ0n) is 32.8. The third-order valence-electron chi connectivity index (χ3n) is 12.2. The standard InChI is InChI=1S/C25H25.C15H14.C9H13.2ClH.Zr/c1-14-12-24(3,4)22-8-16-7-17-9-23-19(15(2)13-25(23,5)6)11-21(17)20(16)10-18(14)22;1-12-3-7-14(8-4-12)11-15-9-5-13(2)6-10-15;1-9(2,3)8-6-4-5-7-8;;;/h8-12H,7H2,1-6H3;3-10H,1-2H3;6-7H,4H2,1-3H3;2*1H;/q;;;;;+2/p-2. The van der Waals surface area contributed by atoms with Gasteiger partial charge in [0.05, 0.1) is 0 Å². The van der Waals surface area contributed by atoms with E-state index < -0.39 is 21.3 Å². The molecule has 0 saturated carbocycles. The molecule has 0 N–H and O–H groups in total. The number of hydrogen-bond donors (Lipinski definition) is 0. The first kappa shape index (κ1) is 38.9. The minimum atomic E-state index is -2.82. The summed E-state index contributed by atoms with van der Waals surface area (Å²) in [5.41, 5.74) is 22.0. The molecule has 0 heterocycles. The largest absolute Gasteiger partial charge is 1.00 e. The molecule has 0 nitrogen and oxygen atoms in total. The fraction of sp³-hybridized carbons (Fsp3) is 0.327. The Balaban J connectivity index is 0.00000232. The number of benzene rings is 4. The van der Waals surface area contributed by atoms with Gasteiger partial charge in [-0.3, -0.25) is 0 Å². The van der Waals surface area contributed by atoms with Crippen molar-refractivity contribution in [2.24, 2.45) is 5.41 Å². The minimum absolute atomic E-state index is 0. The van der Waals surface area contributed by atoms with Crippen LogP contribution in [0.2, 0.25) is 0 Å². The molecule has 0 radical (unpaired) electrons. The van der Waals surface area contributed by atoms with Crippen LogP contribution in [0.25, 0.3) is 22.3 Å². The molecule has 0 fully saturated rings. The average molecular weight is 803 g/mol. The van der Waals surface area contributed by atoms with Crippen LogP contribution in [0, 0.1) is 19.3 Å². The molecule has 0 atom stereocenters. The van der Waals surface area contributed by atoms with Crippen LogP contribution in [-0.4, -0.2) is 3.21 Å². The quantitative estimate of drug-likeness (QED) is 0.189. The van der Waals surface area contributed by atoms with Gasteiger partial charge in [0.25, 0.3) is 0 Å². The Morgan fingerprint density at radius 2 is 1.17 bits per heavy atom. The van der Waals surface area contributed by atoms with Crippen molar-refractivity contribution in [2.45, 2.75) is 99.8 Å². The van der Waals surface area contributed by atoms with E-state index in [1.165, 1.54) is 83.5 Å². The summed E-state index contributed by atoms with van der Waals surface area (Å²) in [6.07, 6.45) is 9.75. The van der Waals surface area contributed by atoms with Crippen molar-refractivity contribution in [3.8, 4) is 11.1 Å². The molecule has 0 spiro atoms. The number of allylic oxidation sites excluding steroid dienone is 8. The molecular weight excluding hydrogens is 751 g/mol. The molecule has 0 bridgehead atoms. The van der Waals surface area contributed by atoms with E-state index in [-0.39, 0.29) is 41.1 Å². The normalized spacial score (nSPS) is 17.1. The predicted molar refractivity (Wildman–Crippen MR) is 213 cm³/mol. The van der Waals surface area contributed by atoms with Gasteiger partial charge in [0, 0.05) is 0 Å². The Labute approximate surface area is 333 Å². The maximum Gasteiger partial charge on any atom is -1.00 e. The SMILES string of the molecule is CC1=CC(C)(C)c2cc3c(cc21)-c1cc2c(cc1C3)C(C)(C)[C]([Zr+2]([C]1=CC(C(C)(C)C)=CC1)=[C](c1ccc(C)cc1)c1ccc(C)cc1)=C2C.[Cl-].[Cl-]. The van der Waals surface area contributed by atoms with Gasteiger partial charge in [0.2, 0.25) is 0 Å². The van der Waals surface area contributed by atoms with Crippen molar-refractivity contribution < 1.29 is 46.1 Å². The van der Waals surface area contributed by atoms with E-state index in [1.54, 1.807) is 9.77 Å². The first-order valence-electron chi connectivity index (χ1n) is 18.6. The summed E-state index contributed by atoms with van der Waals surface area (Å²) in [6, 6.07) is 29.2. The van der Waals surface area contributed by atoms with Crippen molar-refractivity contribution >= 4 is 14.4 Å². The van der Waals surface area contributed by atoms with E-state index in [0.717, 1.165) is 12.8 Å². The van der Waals surface area contributed by atoms with Gasteiger partial charge in [-0.25, -0.2) is 0 Å². The van der Waals surface area contributed by atoms with Crippen LogP contribution in [0.5, 0.6) is 0 Å². The molecule has 4 aliphatic carbocycles. The summed E-state index contributed by atoms with van der Waals surface area (Å²) in [6.45, 7) is 26.1. The van der Waals surface area contributed by atoms with Gasteiger partial charge in [-0.15, -0.1) is 0 Å². The summed E-state index contributed by atoms with van der Waals surface area (Å²) in [5.74, 6) is 0. The molecular formula is C49H52Cl2Zr. The van der Waals surface area contributed by atoms with E-state index in [1.807, 2.05) is 0 Å². The molecule has 0 saturated heterocycles. The molecule has 4 aliphatic rings. The predicted octanol–water partition coefficient (Wildman–Crippen LogP) is 6.75. The van der Waals surface area contributed by atoms with Crippen LogP contribution in [-0.2, 0) is 38.5 Å². The molecule has 8 rings (SSSR count). The number of halogens is 2. The van der Waals surface area contributed by atoms with Gasteiger partial charge < -0.3 is 24.8 Å². The van der Waals surface area contributed by atoms with E-state index in [2.05, 4.69) is 167 Å². The van der Waals surface area contributed by atoms with E-state index in [0.29, 0.717) is 0 Å².